The first-order valence-electron chi connectivity index (χ1n) is 5.56. The number of hydrogen-bond acceptors (Lipinski definition) is 3. The van der Waals surface area contributed by atoms with Crippen LogP contribution in [0.3, 0.4) is 0 Å². The molecule has 16 heavy (non-hydrogen) atoms. The zero-order valence-electron chi connectivity index (χ0n) is 9.68. The summed E-state index contributed by atoms with van der Waals surface area (Å²) in [7, 11) is 1.85. The summed E-state index contributed by atoms with van der Waals surface area (Å²) in [6.07, 6.45) is 3.85. The summed E-state index contributed by atoms with van der Waals surface area (Å²) in [5.41, 5.74) is 1.61. The van der Waals surface area contributed by atoms with E-state index in [9.17, 15) is 9.90 Å². The number of aryl methyl sites for hydroxylation is 2. The lowest BCUT2D eigenvalue weighted by Gasteiger charge is -2.24. The zero-order valence-corrected chi connectivity index (χ0v) is 9.68. The Morgan fingerprint density at radius 2 is 2.12 bits per heavy atom. The molecular formula is C11H17N3O2. The Balaban J connectivity index is 2.35. The second kappa shape index (κ2) is 4.25. The van der Waals surface area contributed by atoms with Crippen molar-refractivity contribution in [2.24, 2.45) is 7.05 Å². The molecule has 88 valence electrons. The molecule has 0 spiro atoms. The normalized spacial score (nSPS) is 18.9. The fourth-order valence-electron chi connectivity index (χ4n) is 2.39. The van der Waals surface area contributed by atoms with Crippen molar-refractivity contribution >= 4 is 5.97 Å². The van der Waals surface area contributed by atoms with Gasteiger partial charge >= 0.3 is 5.97 Å². The van der Waals surface area contributed by atoms with Crippen LogP contribution in [0.4, 0.5) is 0 Å². The third kappa shape index (κ3) is 1.82. The van der Waals surface area contributed by atoms with E-state index in [-0.39, 0.29) is 0 Å². The van der Waals surface area contributed by atoms with Crippen molar-refractivity contribution in [3.8, 4) is 0 Å². The molecule has 2 rings (SSSR count). The summed E-state index contributed by atoms with van der Waals surface area (Å²) in [5, 5.41) is 9.37. The SMILES string of the molecule is Cc1ncn(C)c1C(C(=O)O)N1CCCC1. The van der Waals surface area contributed by atoms with E-state index in [0.29, 0.717) is 0 Å². The predicted octanol–water partition coefficient (Wildman–Crippen LogP) is 0.950. The van der Waals surface area contributed by atoms with E-state index in [2.05, 4.69) is 4.98 Å². The van der Waals surface area contributed by atoms with Crippen molar-refractivity contribution < 1.29 is 9.90 Å². The molecule has 2 heterocycles. The number of aliphatic carboxylic acids is 1. The van der Waals surface area contributed by atoms with E-state index in [1.165, 1.54) is 0 Å². The molecule has 0 aliphatic carbocycles. The highest BCUT2D eigenvalue weighted by Crippen LogP contribution is 2.26. The Morgan fingerprint density at radius 3 is 2.56 bits per heavy atom. The first-order valence-corrected chi connectivity index (χ1v) is 5.56. The molecule has 5 nitrogen and oxygen atoms in total. The van der Waals surface area contributed by atoms with Crippen LogP contribution in [0.5, 0.6) is 0 Å². The average molecular weight is 223 g/mol. The van der Waals surface area contributed by atoms with Crippen molar-refractivity contribution in [1.29, 1.82) is 0 Å². The number of carboxylic acids is 1. The highest BCUT2D eigenvalue weighted by Gasteiger charge is 2.32. The number of carbonyl (C=O) groups is 1. The van der Waals surface area contributed by atoms with Crippen LogP contribution < -0.4 is 0 Å². The van der Waals surface area contributed by atoms with E-state index in [1.807, 2.05) is 23.4 Å². The topological polar surface area (TPSA) is 58.4 Å². The summed E-state index contributed by atoms with van der Waals surface area (Å²) >= 11 is 0. The van der Waals surface area contributed by atoms with Crippen LogP contribution in [-0.4, -0.2) is 38.6 Å². The van der Waals surface area contributed by atoms with Crippen LogP contribution in [0.25, 0.3) is 0 Å². The van der Waals surface area contributed by atoms with Gasteiger partial charge in [-0.25, -0.2) is 4.98 Å². The monoisotopic (exact) mass is 223 g/mol. The molecule has 1 aliphatic rings. The molecule has 1 aliphatic heterocycles. The van der Waals surface area contributed by atoms with E-state index in [1.54, 1.807) is 6.33 Å². The summed E-state index contributed by atoms with van der Waals surface area (Å²) in [6.45, 7) is 3.59. The summed E-state index contributed by atoms with van der Waals surface area (Å²) < 4.78 is 1.81. The Hall–Kier alpha value is -1.36. The highest BCUT2D eigenvalue weighted by molar-refractivity contribution is 5.75. The predicted molar refractivity (Wildman–Crippen MR) is 59.1 cm³/mol. The van der Waals surface area contributed by atoms with E-state index in [4.69, 9.17) is 0 Å². The number of hydrogen-bond donors (Lipinski definition) is 1. The first kappa shape index (κ1) is 11.1. The van der Waals surface area contributed by atoms with Gasteiger partial charge in [0.25, 0.3) is 0 Å². The second-order valence-electron chi connectivity index (χ2n) is 4.31. The van der Waals surface area contributed by atoms with Gasteiger partial charge in [0.1, 0.15) is 0 Å². The van der Waals surface area contributed by atoms with Crippen molar-refractivity contribution in [2.75, 3.05) is 13.1 Å². The Bertz CT molecular complexity index is 374. The lowest BCUT2D eigenvalue weighted by atomic mass is 10.1. The molecule has 1 aromatic heterocycles. The van der Waals surface area contributed by atoms with Crippen LogP contribution in [0.2, 0.25) is 0 Å². The lowest BCUT2D eigenvalue weighted by molar-refractivity contribution is -0.143. The fraction of sp³-hybridized carbons (Fsp3) is 0.636. The molecule has 0 radical (unpaired) electrons. The molecule has 0 amide bonds. The quantitative estimate of drug-likeness (QED) is 0.829. The number of carboxylic acid groups (broad SMARTS) is 1. The minimum atomic E-state index is -0.784. The standard InChI is InChI=1S/C11H17N3O2/c1-8-9(13(2)7-12-8)10(11(15)16)14-5-3-4-6-14/h7,10H,3-6H2,1-2H3,(H,15,16). The molecule has 0 bridgehead atoms. The first-order chi connectivity index (χ1) is 7.61. The number of aromatic nitrogens is 2. The molecule has 1 unspecified atom stereocenters. The number of imidazole rings is 1. The molecule has 0 saturated carbocycles. The number of nitrogens with zero attached hydrogens (tertiary/aromatic N) is 3. The summed E-state index contributed by atoms with van der Waals surface area (Å²) in [4.78, 5) is 17.6. The molecule has 5 heteroatoms. The molecule has 1 fully saturated rings. The molecule has 1 saturated heterocycles. The van der Waals surface area contributed by atoms with Gasteiger partial charge < -0.3 is 9.67 Å². The maximum absolute atomic E-state index is 11.4. The zero-order chi connectivity index (χ0) is 11.7. The Labute approximate surface area is 94.7 Å². The van der Waals surface area contributed by atoms with Gasteiger partial charge in [-0.15, -0.1) is 0 Å². The van der Waals surface area contributed by atoms with Crippen LogP contribution in [0.1, 0.15) is 30.3 Å². The minimum absolute atomic E-state index is 0.546. The lowest BCUT2D eigenvalue weighted by Crippen LogP contribution is -2.33. The van der Waals surface area contributed by atoms with E-state index < -0.39 is 12.0 Å². The minimum Gasteiger partial charge on any atom is -0.480 e. The molecular weight excluding hydrogens is 206 g/mol. The molecule has 1 N–H and O–H groups in total. The third-order valence-corrected chi connectivity index (χ3v) is 3.17. The maximum atomic E-state index is 11.4. The van der Waals surface area contributed by atoms with Crippen LogP contribution in [-0.2, 0) is 11.8 Å². The van der Waals surface area contributed by atoms with Crippen LogP contribution in [0.15, 0.2) is 6.33 Å². The van der Waals surface area contributed by atoms with Gasteiger partial charge in [-0.3, -0.25) is 9.69 Å². The van der Waals surface area contributed by atoms with Crippen LogP contribution >= 0.6 is 0 Å². The molecule has 0 aromatic carbocycles. The van der Waals surface area contributed by atoms with Gasteiger partial charge in [0.05, 0.1) is 17.7 Å². The van der Waals surface area contributed by atoms with Gasteiger partial charge in [0.2, 0.25) is 0 Å². The van der Waals surface area contributed by atoms with Gasteiger partial charge in [-0.2, -0.15) is 0 Å². The molecule has 1 atom stereocenters. The summed E-state index contributed by atoms with van der Waals surface area (Å²) in [5.74, 6) is -0.784. The highest BCUT2D eigenvalue weighted by atomic mass is 16.4. The fourth-order valence-corrected chi connectivity index (χ4v) is 2.39. The van der Waals surface area contributed by atoms with E-state index >= 15 is 0 Å². The van der Waals surface area contributed by atoms with Crippen LogP contribution in [0, 0.1) is 6.92 Å². The number of likely N-dealkylation sites (tertiary alicyclic amines) is 1. The molecule has 1 aromatic rings. The van der Waals surface area contributed by atoms with Crippen molar-refractivity contribution in [1.82, 2.24) is 14.5 Å². The number of rotatable bonds is 3. The van der Waals surface area contributed by atoms with Gasteiger partial charge in [-0.05, 0) is 32.9 Å². The van der Waals surface area contributed by atoms with Gasteiger partial charge in [0.15, 0.2) is 6.04 Å². The maximum Gasteiger partial charge on any atom is 0.327 e. The average Bonchev–Trinajstić information content (AvgIpc) is 2.82. The smallest absolute Gasteiger partial charge is 0.327 e. The van der Waals surface area contributed by atoms with Crippen molar-refractivity contribution in [2.45, 2.75) is 25.8 Å². The van der Waals surface area contributed by atoms with E-state index in [0.717, 1.165) is 37.3 Å². The van der Waals surface area contributed by atoms with Crippen molar-refractivity contribution in [3.05, 3.63) is 17.7 Å². The third-order valence-electron chi connectivity index (χ3n) is 3.17. The Morgan fingerprint density at radius 1 is 1.50 bits per heavy atom. The van der Waals surface area contributed by atoms with Crippen molar-refractivity contribution in [3.63, 3.8) is 0 Å². The largest absolute Gasteiger partial charge is 0.480 e. The second-order valence-corrected chi connectivity index (χ2v) is 4.31. The Kier molecular flexibility index (Phi) is 2.96. The van der Waals surface area contributed by atoms with Gasteiger partial charge in [0, 0.05) is 7.05 Å². The summed E-state index contributed by atoms with van der Waals surface area (Å²) in [6, 6.07) is -0.546. The van der Waals surface area contributed by atoms with Gasteiger partial charge in [-0.1, -0.05) is 0 Å².